The van der Waals surface area contributed by atoms with Crippen molar-refractivity contribution in [1.82, 2.24) is 4.31 Å². The number of thiophene rings is 1. The minimum atomic E-state index is -3.52. The van der Waals surface area contributed by atoms with Crippen molar-refractivity contribution in [1.29, 1.82) is 0 Å². The maximum atomic E-state index is 12.7. The van der Waals surface area contributed by atoms with E-state index < -0.39 is 10.0 Å². The van der Waals surface area contributed by atoms with Gasteiger partial charge in [0, 0.05) is 35.2 Å². The Labute approximate surface area is 169 Å². The molecule has 1 fully saturated rings. The van der Waals surface area contributed by atoms with Gasteiger partial charge >= 0.3 is 0 Å². The number of amides is 1. The molecule has 7 nitrogen and oxygen atoms in total. The van der Waals surface area contributed by atoms with Gasteiger partial charge in [-0.05, 0) is 52.4 Å². The van der Waals surface area contributed by atoms with Crippen molar-refractivity contribution in [3.8, 4) is 11.5 Å². The van der Waals surface area contributed by atoms with Crippen LogP contribution in [-0.2, 0) is 14.8 Å². The van der Waals surface area contributed by atoms with E-state index in [1.54, 1.807) is 29.6 Å². The molecule has 1 saturated heterocycles. The second-order valence-electron chi connectivity index (χ2n) is 6.29. The summed E-state index contributed by atoms with van der Waals surface area (Å²) in [6.45, 7) is 0.831. The summed E-state index contributed by atoms with van der Waals surface area (Å²) >= 11 is 4.47. The van der Waals surface area contributed by atoms with Crippen LogP contribution in [0.25, 0.3) is 0 Å². The van der Waals surface area contributed by atoms with Crippen LogP contribution >= 0.6 is 27.3 Å². The van der Waals surface area contributed by atoms with E-state index in [4.69, 9.17) is 9.47 Å². The number of ether oxygens (including phenoxy) is 2. The lowest BCUT2D eigenvalue weighted by Gasteiger charge is -2.30. The molecule has 2 aliphatic rings. The van der Waals surface area contributed by atoms with Gasteiger partial charge in [0.05, 0.1) is 0 Å². The zero-order valence-corrected chi connectivity index (χ0v) is 17.4. The molecule has 1 N–H and O–H groups in total. The molecule has 0 saturated carbocycles. The van der Waals surface area contributed by atoms with E-state index in [1.165, 1.54) is 15.6 Å². The Balaban J connectivity index is 1.38. The van der Waals surface area contributed by atoms with Gasteiger partial charge in [-0.25, -0.2) is 8.42 Å². The number of hydrogen-bond acceptors (Lipinski definition) is 6. The van der Waals surface area contributed by atoms with Crippen LogP contribution in [0.3, 0.4) is 0 Å². The maximum absolute atomic E-state index is 12.7. The Morgan fingerprint density at radius 3 is 2.63 bits per heavy atom. The van der Waals surface area contributed by atoms with Crippen molar-refractivity contribution in [2.45, 2.75) is 17.1 Å². The maximum Gasteiger partial charge on any atom is 0.253 e. The lowest BCUT2D eigenvalue weighted by Crippen LogP contribution is -2.41. The largest absolute Gasteiger partial charge is 0.454 e. The number of halogens is 1. The van der Waals surface area contributed by atoms with E-state index in [1.807, 2.05) is 0 Å². The molecular formula is C17H17BrN2O5S2. The highest BCUT2D eigenvalue weighted by molar-refractivity contribution is 9.10. The van der Waals surface area contributed by atoms with E-state index in [2.05, 4.69) is 21.2 Å². The third kappa shape index (κ3) is 3.71. The van der Waals surface area contributed by atoms with E-state index in [9.17, 15) is 13.2 Å². The summed E-state index contributed by atoms with van der Waals surface area (Å²) in [5.41, 5.74) is 0.641. The van der Waals surface area contributed by atoms with Gasteiger partial charge in [-0.1, -0.05) is 0 Å². The zero-order chi connectivity index (χ0) is 19.0. The molecule has 27 heavy (non-hydrogen) atoms. The number of fused-ring (bicyclic) bond motifs is 1. The average Bonchev–Trinajstić information content (AvgIpc) is 3.30. The first-order valence-electron chi connectivity index (χ1n) is 8.39. The van der Waals surface area contributed by atoms with Crippen molar-refractivity contribution < 1.29 is 22.7 Å². The number of rotatable bonds is 4. The fourth-order valence-electron chi connectivity index (χ4n) is 3.16. The number of carbonyl (C=O) groups excluding carboxylic acids is 1. The number of benzene rings is 1. The van der Waals surface area contributed by atoms with Crippen LogP contribution in [0.5, 0.6) is 11.5 Å². The first-order valence-corrected chi connectivity index (χ1v) is 11.5. The SMILES string of the molecule is O=C(Nc1ccc2c(c1)OCO2)C1CCN(S(=O)(=O)c2sccc2Br)CC1. The van der Waals surface area contributed by atoms with Crippen LogP contribution in [0.4, 0.5) is 5.69 Å². The first kappa shape index (κ1) is 18.7. The average molecular weight is 473 g/mol. The van der Waals surface area contributed by atoms with Crippen LogP contribution in [0, 0.1) is 5.92 Å². The molecule has 0 radical (unpaired) electrons. The lowest BCUT2D eigenvalue weighted by atomic mass is 9.97. The zero-order valence-electron chi connectivity index (χ0n) is 14.2. The number of anilines is 1. The van der Waals surface area contributed by atoms with Gasteiger partial charge in [0.1, 0.15) is 4.21 Å². The highest BCUT2D eigenvalue weighted by Crippen LogP contribution is 2.35. The van der Waals surface area contributed by atoms with Gasteiger partial charge in [0.25, 0.3) is 10.0 Å². The standard InChI is InChI=1S/C17H17BrN2O5S2/c18-13-5-8-26-17(13)27(22,23)20-6-3-11(4-7-20)16(21)19-12-1-2-14-15(9-12)25-10-24-14/h1-2,5,8-9,11H,3-4,6-7,10H2,(H,19,21). The summed E-state index contributed by atoms with van der Waals surface area (Å²) in [4.78, 5) is 12.6. The number of sulfonamides is 1. The Kier molecular flexibility index (Phi) is 5.15. The topological polar surface area (TPSA) is 84.9 Å². The van der Waals surface area contributed by atoms with Crippen molar-refractivity contribution in [2.75, 3.05) is 25.2 Å². The van der Waals surface area contributed by atoms with Gasteiger partial charge in [0.15, 0.2) is 11.5 Å². The third-order valence-electron chi connectivity index (χ3n) is 4.62. The van der Waals surface area contributed by atoms with Crippen LogP contribution in [0.2, 0.25) is 0 Å². The molecular weight excluding hydrogens is 456 g/mol. The molecule has 3 heterocycles. The lowest BCUT2D eigenvalue weighted by molar-refractivity contribution is -0.120. The molecule has 10 heteroatoms. The predicted octanol–water partition coefficient (Wildman–Crippen LogP) is 3.28. The Morgan fingerprint density at radius 2 is 1.93 bits per heavy atom. The Hall–Kier alpha value is -1.62. The fraction of sp³-hybridized carbons (Fsp3) is 0.353. The van der Waals surface area contributed by atoms with Crippen LogP contribution in [-0.4, -0.2) is 38.5 Å². The monoisotopic (exact) mass is 472 g/mol. The predicted molar refractivity (Wildman–Crippen MR) is 105 cm³/mol. The van der Waals surface area contributed by atoms with Gasteiger partial charge in [-0.3, -0.25) is 4.79 Å². The number of hydrogen-bond donors (Lipinski definition) is 1. The molecule has 1 aromatic heterocycles. The van der Waals surface area contributed by atoms with E-state index in [0.717, 1.165) is 0 Å². The van der Waals surface area contributed by atoms with E-state index in [0.29, 0.717) is 51.8 Å². The molecule has 0 spiro atoms. The number of piperidine rings is 1. The number of carbonyl (C=O) groups is 1. The summed E-state index contributed by atoms with van der Waals surface area (Å²) in [5.74, 6) is 0.929. The molecule has 2 aliphatic heterocycles. The van der Waals surface area contributed by atoms with Gasteiger partial charge < -0.3 is 14.8 Å². The van der Waals surface area contributed by atoms with Crippen molar-refractivity contribution in [3.63, 3.8) is 0 Å². The van der Waals surface area contributed by atoms with Crippen molar-refractivity contribution >= 4 is 48.9 Å². The summed E-state index contributed by atoms with van der Waals surface area (Å²) in [5, 5.41) is 4.62. The molecule has 144 valence electrons. The van der Waals surface area contributed by atoms with E-state index >= 15 is 0 Å². The molecule has 0 atom stereocenters. The molecule has 1 amide bonds. The van der Waals surface area contributed by atoms with Crippen LogP contribution in [0.15, 0.2) is 38.3 Å². The highest BCUT2D eigenvalue weighted by Gasteiger charge is 2.33. The van der Waals surface area contributed by atoms with Gasteiger partial charge in [-0.2, -0.15) is 4.31 Å². The summed E-state index contributed by atoms with van der Waals surface area (Å²) in [6.07, 6.45) is 0.969. The fourth-order valence-corrected chi connectivity index (χ4v) is 7.08. The van der Waals surface area contributed by atoms with Crippen molar-refractivity contribution in [2.24, 2.45) is 5.92 Å². The molecule has 0 unspecified atom stereocenters. The summed E-state index contributed by atoms with van der Waals surface area (Å²) < 4.78 is 38.4. The molecule has 4 rings (SSSR count). The molecule has 2 aromatic rings. The molecule has 1 aromatic carbocycles. The number of nitrogens with zero attached hydrogens (tertiary/aromatic N) is 1. The summed E-state index contributed by atoms with van der Waals surface area (Å²) in [7, 11) is -3.52. The third-order valence-corrected chi connectivity index (χ3v) is 9.17. The highest BCUT2D eigenvalue weighted by atomic mass is 79.9. The first-order chi connectivity index (χ1) is 12.9. The molecule has 0 bridgehead atoms. The van der Waals surface area contributed by atoms with E-state index in [-0.39, 0.29) is 18.6 Å². The van der Waals surface area contributed by atoms with Crippen LogP contribution in [0.1, 0.15) is 12.8 Å². The quantitative estimate of drug-likeness (QED) is 0.737. The van der Waals surface area contributed by atoms with Crippen molar-refractivity contribution in [3.05, 3.63) is 34.1 Å². The minimum Gasteiger partial charge on any atom is -0.454 e. The molecule has 0 aliphatic carbocycles. The minimum absolute atomic E-state index is 0.108. The Bertz CT molecular complexity index is 967. The van der Waals surface area contributed by atoms with Gasteiger partial charge in [0.2, 0.25) is 12.7 Å². The number of nitrogens with one attached hydrogen (secondary N) is 1. The van der Waals surface area contributed by atoms with Gasteiger partial charge in [-0.15, -0.1) is 11.3 Å². The second-order valence-corrected chi connectivity index (χ2v) is 10.2. The van der Waals surface area contributed by atoms with Crippen LogP contribution < -0.4 is 14.8 Å². The summed E-state index contributed by atoms with van der Waals surface area (Å²) in [6, 6.07) is 6.97. The second kappa shape index (κ2) is 7.42. The smallest absolute Gasteiger partial charge is 0.253 e. The normalized spacial score (nSPS) is 17.8. The Morgan fingerprint density at radius 1 is 1.19 bits per heavy atom.